The third-order valence-electron chi connectivity index (χ3n) is 3.57. The van der Waals surface area contributed by atoms with E-state index in [1.54, 1.807) is 0 Å². The van der Waals surface area contributed by atoms with Crippen LogP contribution in [0.15, 0.2) is 18.2 Å². The number of benzene rings is 1. The Morgan fingerprint density at radius 2 is 1.71 bits per heavy atom. The largest absolute Gasteiger partial charge is 0.382 e. The lowest BCUT2D eigenvalue weighted by Crippen LogP contribution is -2.28. The summed E-state index contributed by atoms with van der Waals surface area (Å²) in [5, 5.41) is 3.74. The molecule has 0 aromatic heterocycles. The van der Waals surface area contributed by atoms with Crippen molar-refractivity contribution in [3.8, 4) is 0 Å². The average Bonchev–Trinajstić information content (AvgIpc) is 2.40. The molecule has 1 aromatic carbocycles. The van der Waals surface area contributed by atoms with Gasteiger partial charge in [-0.2, -0.15) is 0 Å². The Kier molecular flexibility index (Phi) is 4.43. The molecule has 0 aliphatic carbocycles. The second kappa shape index (κ2) is 6.06. The van der Waals surface area contributed by atoms with Crippen LogP contribution in [0.1, 0.15) is 37.8 Å². The molecule has 2 nitrogen and oxygen atoms in total. The first-order valence-electron chi connectivity index (χ1n) is 6.80. The second-order valence-electron chi connectivity index (χ2n) is 4.69. The van der Waals surface area contributed by atoms with Gasteiger partial charge in [-0.25, -0.2) is 0 Å². The number of ether oxygens (including phenoxy) is 1. The molecule has 2 rings (SSSR count). The number of para-hydroxylation sites is 1. The number of nitrogens with one attached hydrogen (secondary N) is 1. The first-order valence-corrected chi connectivity index (χ1v) is 6.80. The highest BCUT2D eigenvalue weighted by Gasteiger charge is 2.15. The smallest absolute Gasteiger partial charge is 0.0485 e. The Labute approximate surface area is 104 Å². The van der Waals surface area contributed by atoms with Gasteiger partial charge in [-0.15, -0.1) is 0 Å². The highest BCUT2D eigenvalue weighted by molar-refractivity contribution is 5.58. The van der Waals surface area contributed by atoms with Crippen LogP contribution >= 0.6 is 0 Å². The van der Waals surface area contributed by atoms with E-state index in [2.05, 4.69) is 37.4 Å². The zero-order valence-corrected chi connectivity index (χ0v) is 11.0. The molecule has 94 valence electrons. The van der Waals surface area contributed by atoms with E-state index in [1.165, 1.54) is 16.8 Å². The minimum Gasteiger partial charge on any atom is -0.382 e. The van der Waals surface area contributed by atoms with Crippen molar-refractivity contribution in [3.05, 3.63) is 29.3 Å². The van der Waals surface area contributed by atoms with Crippen molar-refractivity contribution >= 4 is 5.69 Å². The van der Waals surface area contributed by atoms with Gasteiger partial charge in [-0.05, 0) is 36.8 Å². The molecule has 1 fully saturated rings. The molecule has 1 aliphatic rings. The van der Waals surface area contributed by atoms with E-state index in [0.29, 0.717) is 6.04 Å². The summed E-state index contributed by atoms with van der Waals surface area (Å²) in [5.41, 5.74) is 4.26. The average molecular weight is 233 g/mol. The maximum absolute atomic E-state index is 5.41. The molecule has 0 saturated carbocycles. The molecule has 0 unspecified atom stereocenters. The Bertz CT molecular complexity index is 334. The van der Waals surface area contributed by atoms with Crippen LogP contribution in [0.2, 0.25) is 0 Å². The van der Waals surface area contributed by atoms with Crippen molar-refractivity contribution in [2.75, 3.05) is 18.5 Å². The van der Waals surface area contributed by atoms with Crippen molar-refractivity contribution in [3.63, 3.8) is 0 Å². The fraction of sp³-hybridized carbons (Fsp3) is 0.600. The van der Waals surface area contributed by atoms with Gasteiger partial charge in [0, 0.05) is 24.9 Å². The normalized spacial score (nSPS) is 17.1. The number of anilines is 1. The Morgan fingerprint density at radius 1 is 1.12 bits per heavy atom. The quantitative estimate of drug-likeness (QED) is 0.860. The minimum atomic E-state index is 0.585. The molecule has 1 aliphatic heterocycles. The summed E-state index contributed by atoms with van der Waals surface area (Å²) in [4.78, 5) is 0. The van der Waals surface area contributed by atoms with Gasteiger partial charge in [-0.1, -0.05) is 32.0 Å². The van der Waals surface area contributed by atoms with Gasteiger partial charge in [0.2, 0.25) is 0 Å². The van der Waals surface area contributed by atoms with E-state index in [0.717, 1.165) is 38.9 Å². The van der Waals surface area contributed by atoms with Gasteiger partial charge in [0.05, 0.1) is 0 Å². The molecule has 1 saturated heterocycles. The molecule has 0 bridgehead atoms. The molecule has 1 heterocycles. The minimum absolute atomic E-state index is 0.585. The lowest BCUT2D eigenvalue weighted by atomic mass is 10.0. The van der Waals surface area contributed by atoms with E-state index in [4.69, 9.17) is 4.74 Å². The summed E-state index contributed by atoms with van der Waals surface area (Å²) < 4.78 is 5.41. The summed E-state index contributed by atoms with van der Waals surface area (Å²) in [6.45, 7) is 6.24. The number of hydrogen-bond acceptors (Lipinski definition) is 2. The maximum atomic E-state index is 5.41. The predicted octanol–water partition coefficient (Wildman–Crippen LogP) is 3.40. The van der Waals surface area contributed by atoms with Gasteiger partial charge < -0.3 is 10.1 Å². The number of rotatable bonds is 4. The van der Waals surface area contributed by atoms with E-state index in [9.17, 15) is 0 Å². The fourth-order valence-electron chi connectivity index (χ4n) is 2.47. The van der Waals surface area contributed by atoms with Crippen LogP contribution in [0, 0.1) is 0 Å². The van der Waals surface area contributed by atoms with Crippen LogP contribution in [0.3, 0.4) is 0 Å². The van der Waals surface area contributed by atoms with E-state index in [1.807, 2.05) is 0 Å². The molecule has 0 radical (unpaired) electrons. The van der Waals surface area contributed by atoms with Gasteiger partial charge in [0.15, 0.2) is 0 Å². The fourth-order valence-corrected chi connectivity index (χ4v) is 2.47. The van der Waals surface area contributed by atoms with Gasteiger partial charge in [0.1, 0.15) is 0 Å². The van der Waals surface area contributed by atoms with Crippen molar-refractivity contribution in [2.45, 2.75) is 45.6 Å². The molecule has 0 spiro atoms. The van der Waals surface area contributed by atoms with Crippen LogP contribution in [0.4, 0.5) is 5.69 Å². The molecule has 1 N–H and O–H groups in total. The van der Waals surface area contributed by atoms with Crippen molar-refractivity contribution < 1.29 is 4.74 Å². The van der Waals surface area contributed by atoms with Crippen LogP contribution in [0.5, 0.6) is 0 Å². The second-order valence-corrected chi connectivity index (χ2v) is 4.69. The summed E-state index contributed by atoms with van der Waals surface area (Å²) in [6, 6.07) is 7.23. The summed E-state index contributed by atoms with van der Waals surface area (Å²) in [5.74, 6) is 0. The van der Waals surface area contributed by atoms with E-state index in [-0.39, 0.29) is 0 Å². The van der Waals surface area contributed by atoms with Crippen molar-refractivity contribution in [1.29, 1.82) is 0 Å². The summed E-state index contributed by atoms with van der Waals surface area (Å²) in [6.07, 6.45) is 4.45. The number of hydrogen-bond donors (Lipinski definition) is 1. The Morgan fingerprint density at radius 3 is 2.24 bits per heavy atom. The highest BCUT2D eigenvalue weighted by Crippen LogP contribution is 2.25. The first-order chi connectivity index (χ1) is 8.35. The Balaban J connectivity index is 2.16. The molecule has 0 atom stereocenters. The predicted molar refractivity (Wildman–Crippen MR) is 72.7 cm³/mol. The summed E-state index contributed by atoms with van der Waals surface area (Å²) in [7, 11) is 0. The standard InChI is InChI=1S/C15H23NO/c1-3-12-6-5-7-13(4-2)15(12)16-14-8-10-17-11-9-14/h5-7,14,16H,3-4,8-11H2,1-2H3. The molecular formula is C15H23NO. The lowest BCUT2D eigenvalue weighted by molar-refractivity contribution is 0.0904. The highest BCUT2D eigenvalue weighted by atomic mass is 16.5. The monoisotopic (exact) mass is 233 g/mol. The van der Waals surface area contributed by atoms with E-state index < -0.39 is 0 Å². The van der Waals surface area contributed by atoms with Crippen LogP contribution in [0.25, 0.3) is 0 Å². The molecule has 17 heavy (non-hydrogen) atoms. The van der Waals surface area contributed by atoms with Crippen molar-refractivity contribution in [1.82, 2.24) is 0 Å². The van der Waals surface area contributed by atoms with Gasteiger partial charge >= 0.3 is 0 Å². The topological polar surface area (TPSA) is 21.3 Å². The molecular weight excluding hydrogens is 210 g/mol. The van der Waals surface area contributed by atoms with E-state index >= 15 is 0 Å². The number of aryl methyl sites for hydroxylation is 2. The summed E-state index contributed by atoms with van der Waals surface area (Å²) >= 11 is 0. The zero-order chi connectivity index (χ0) is 12.1. The third kappa shape index (κ3) is 3.01. The SMILES string of the molecule is CCc1cccc(CC)c1NC1CCOCC1. The molecule has 2 heteroatoms. The zero-order valence-electron chi connectivity index (χ0n) is 11.0. The third-order valence-corrected chi connectivity index (χ3v) is 3.57. The van der Waals surface area contributed by atoms with Crippen molar-refractivity contribution in [2.24, 2.45) is 0 Å². The first kappa shape index (κ1) is 12.4. The maximum Gasteiger partial charge on any atom is 0.0485 e. The van der Waals surface area contributed by atoms with Gasteiger partial charge in [-0.3, -0.25) is 0 Å². The van der Waals surface area contributed by atoms with Crippen LogP contribution < -0.4 is 5.32 Å². The van der Waals surface area contributed by atoms with Crippen LogP contribution in [-0.2, 0) is 17.6 Å². The Hall–Kier alpha value is -1.02. The molecule has 1 aromatic rings. The van der Waals surface area contributed by atoms with Gasteiger partial charge in [0.25, 0.3) is 0 Å². The van der Waals surface area contributed by atoms with Crippen LogP contribution in [-0.4, -0.2) is 19.3 Å². The lowest BCUT2D eigenvalue weighted by Gasteiger charge is -2.26. The molecule has 0 amide bonds.